The SMILES string of the molecule is CCNC(=NCc1ccc(C(N)=O)cc1)NC1CCN(c2cc(OC)cc(OC)c2)C1. The standard InChI is InChI=1S/C23H31N5O3/c1-4-25-23(26-14-16-5-7-17(8-6-16)22(24)29)27-18-9-10-28(15-18)19-11-20(30-2)13-21(12-19)31-3/h5-8,11-13,18H,4,9-10,14-15H2,1-3H3,(H2,24,29)(H2,25,26,27). The average molecular weight is 426 g/mol. The van der Waals surface area contributed by atoms with Gasteiger partial charge in [0.2, 0.25) is 5.91 Å². The summed E-state index contributed by atoms with van der Waals surface area (Å²) in [4.78, 5) is 18.2. The Morgan fingerprint density at radius 2 is 1.84 bits per heavy atom. The summed E-state index contributed by atoms with van der Waals surface area (Å²) >= 11 is 0. The Labute approximate surface area is 183 Å². The molecule has 1 atom stereocenters. The van der Waals surface area contributed by atoms with Crippen molar-refractivity contribution >= 4 is 17.6 Å². The van der Waals surface area contributed by atoms with Gasteiger partial charge in [0.25, 0.3) is 0 Å². The van der Waals surface area contributed by atoms with Crippen LogP contribution in [0.4, 0.5) is 5.69 Å². The minimum Gasteiger partial charge on any atom is -0.497 e. The van der Waals surface area contributed by atoms with Crippen molar-refractivity contribution in [3.05, 3.63) is 53.6 Å². The molecule has 1 saturated heterocycles. The van der Waals surface area contributed by atoms with Crippen molar-refractivity contribution in [1.29, 1.82) is 0 Å². The van der Waals surface area contributed by atoms with Gasteiger partial charge >= 0.3 is 0 Å². The molecule has 31 heavy (non-hydrogen) atoms. The third-order valence-corrected chi connectivity index (χ3v) is 5.23. The number of carbonyl (C=O) groups is 1. The average Bonchev–Trinajstić information content (AvgIpc) is 3.26. The smallest absolute Gasteiger partial charge is 0.248 e. The van der Waals surface area contributed by atoms with Gasteiger partial charge in [-0.25, -0.2) is 4.99 Å². The predicted octanol–water partition coefficient (Wildman–Crippen LogP) is 2.14. The number of nitrogens with one attached hydrogen (secondary N) is 2. The summed E-state index contributed by atoms with van der Waals surface area (Å²) in [6.07, 6.45) is 0.997. The number of amides is 1. The Morgan fingerprint density at radius 1 is 1.16 bits per heavy atom. The van der Waals surface area contributed by atoms with E-state index in [0.29, 0.717) is 12.1 Å². The lowest BCUT2D eigenvalue weighted by Crippen LogP contribution is -2.44. The maximum Gasteiger partial charge on any atom is 0.248 e. The molecule has 0 spiro atoms. The van der Waals surface area contributed by atoms with Crippen LogP contribution < -0.4 is 30.7 Å². The number of hydrogen-bond acceptors (Lipinski definition) is 5. The highest BCUT2D eigenvalue weighted by Crippen LogP contribution is 2.30. The molecule has 1 amide bonds. The number of benzene rings is 2. The van der Waals surface area contributed by atoms with Crippen LogP contribution in [0.5, 0.6) is 11.5 Å². The van der Waals surface area contributed by atoms with Crippen molar-refractivity contribution in [3.8, 4) is 11.5 Å². The number of guanidine groups is 1. The van der Waals surface area contributed by atoms with E-state index < -0.39 is 5.91 Å². The van der Waals surface area contributed by atoms with E-state index in [1.165, 1.54) is 0 Å². The Kier molecular flexibility index (Phi) is 7.59. The van der Waals surface area contributed by atoms with E-state index in [2.05, 4.69) is 15.5 Å². The molecule has 2 aromatic carbocycles. The van der Waals surface area contributed by atoms with Gasteiger partial charge in [-0.2, -0.15) is 0 Å². The van der Waals surface area contributed by atoms with Gasteiger partial charge in [-0.1, -0.05) is 12.1 Å². The molecule has 1 fully saturated rings. The monoisotopic (exact) mass is 425 g/mol. The fourth-order valence-electron chi connectivity index (χ4n) is 3.55. The Bertz CT molecular complexity index is 892. The van der Waals surface area contributed by atoms with Crippen LogP contribution in [-0.2, 0) is 6.54 Å². The molecular formula is C23H31N5O3. The summed E-state index contributed by atoms with van der Waals surface area (Å²) in [5.41, 5.74) is 7.89. The van der Waals surface area contributed by atoms with E-state index in [0.717, 1.165) is 54.8 Å². The topological polar surface area (TPSA) is 101 Å². The summed E-state index contributed by atoms with van der Waals surface area (Å²) in [5.74, 6) is 1.91. The first-order valence-corrected chi connectivity index (χ1v) is 10.4. The maximum absolute atomic E-state index is 11.2. The number of hydrogen-bond donors (Lipinski definition) is 3. The fourth-order valence-corrected chi connectivity index (χ4v) is 3.55. The third-order valence-electron chi connectivity index (χ3n) is 5.23. The van der Waals surface area contributed by atoms with Gasteiger partial charge in [0.15, 0.2) is 5.96 Å². The molecule has 166 valence electrons. The van der Waals surface area contributed by atoms with Crippen LogP contribution in [0.2, 0.25) is 0 Å². The van der Waals surface area contributed by atoms with Gasteiger partial charge in [-0.15, -0.1) is 0 Å². The zero-order valence-corrected chi connectivity index (χ0v) is 18.4. The molecule has 1 aliphatic heterocycles. The van der Waals surface area contributed by atoms with Crippen LogP contribution >= 0.6 is 0 Å². The molecule has 0 radical (unpaired) electrons. The molecule has 1 unspecified atom stereocenters. The van der Waals surface area contributed by atoms with Gasteiger partial charge in [0.05, 0.1) is 20.8 Å². The van der Waals surface area contributed by atoms with E-state index in [1.54, 1.807) is 26.4 Å². The van der Waals surface area contributed by atoms with E-state index in [-0.39, 0.29) is 6.04 Å². The van der Waals surface area contributed by atoms with Crippen molar-refractivity contribution in [2.75, 3.05) is 38.8 Å². The van der Waals surface area contributed by atoms with Crippen molar-refractivity contribution in [3.63, 3.8) is 0 Å². The van der Waals surface area contributed by atoms with E-state index in [9.17, 15) is 4.79 Å². The lowest BCUT2D eigenvalue weighted by molar-refractivity contribution is 0.100. The van der Waals surface area contributed by atoms with Crippen LogP contribution in [0.1, 0.15) is 29.3 Å². The van der Waals surface area contributed by atoms with Crippen LogP contribution in [0.15, 0.2) is 47.5 Å². The van der Waals surface area contributed by atoms with E-state index in [1.807, 2.05) is 37.3 Å². The van der Waals surface area contributed by atoms with Gasteiger partial charge in [-0.05, 0) is 31.0 Å². The summed E-state index contributed by atoms with van der Waals surface area (Å²) < 4.78 is 10.8. The molecule has 8 heteroatoms. The predicted molar refractivity (Wildman–Crippen MR) is 123 cm³/mol. The van der Waals surface area contributed by atoms with Gasteiger partial charge in [-0.3, -0.25) is 4.79 Å². The van der Waals surface area contributed by atoms with Crippen LogP contribution in [0, 0.1) is 0 Å². The minimum absolute atomic E-state index is 0.271. The van der Waals surface area contributed by atoms with Crippen molar-refractivity contribution in [2.24, 2.45) is 10.7 Å². The number of ether oxygens (including phenoxy) is 2. The molecular weight excluding hydrogens is 394 g/mol. The molecule has 0 saturated carbocycles. The number of methoxy groups -OCH3 is 2. The molecule has 2 aromatic rings. The molecule has 4 N–H and O–H groups in total. The summed E-state index contributed by atoms with van der Waals surface area (Å²) in [5, 5.41) is 6.84. The van der Waals surface area contributed by atoms with Gasteiger partial charge in [0.1, 0.15) is 11.5 Å². The lowest BCUT2D eigenvalue weighted by atomic mass is 10.1. The highest BCUT2D eigenvalue weighted by Gasteiger charge is 2.24. The number of anilines is 1. The zero-order chi connectivity index (χ0) is 22.2. The molecule has 0 bridgehead atoms. The number of rotatable bonds is 8. The third kappa shape index (κ3) is 6.04. The van der Waals surface area contributed by atoms with E-state index >= 15 is 0 Å². The molecule has 1 heterocycles. The van der Waals surface area contributed by atoms with Gasteiger partial charge in [0, 0.05) is 55.1 Å². The second-order valence-electron chi connectivity index (χ2n) is 7.40. The highest BCUT2D eigenvalue weighted by molar-refractivity contribution is 5.92. The van der Waals surface area contributed by atoms with Crippen molar-refractivity contribution in [1.82, 2.24) is 10.6 Å². The Balaban J connectivity index is 1.63. The van der Waals surface area contributed by atoms with Crippen molar-refractivity contribution < 1.29 is 14.3 Å². The highest BCUT2D eigenvalue weighted by atomic mass is 16.5. The zero-order valence-electron chi connectivity index (χ0n) is 18.4. The number of nitrogens with two attached hydrogens (primary N) is 1. The first-order chi connectivity index (χ1) is 15.0. The summed E-state index contributed by atoms with van der Waals surface area (Å²) in [6.45, 7) is 5.12. The largest absolute Gasteiger partial charge is 0.497 e. The minimum atomic E-state index is -0.426. The Morgan fingerprint density at radius 3 is 2.42 bits per heavy atom. The summed E-state index contributed by atoms with van der Waals surface area (Å²) in [6, 6.07) is 13.4. The second kappa shape index (κ2) is 10.6. The molecule has 8 nitrogen and oxygen atoms in total. The molecule has 3 rings (SSSR count). The second-order valence-corrected chi connectivity index (χ2v) is 7.40. The maximum atomic E-state index is 11.2. The van der Waals surface area contributed by atoms with Crippen LogP contribution in [-0.4, -0.2) is 51.8 Å². The normalized spacial score (nSPS) is 16.2. The number of carbonyl (C=O) groups excluding carboxylic acids is 1. The Hall–Kier alpha value is -3.42. The van der Waals surface area contributed by atoms with Gasteiger partial charge < -0.3 is 30.7 Å². The van der Waals surface area contributed by atoms with E-state index in [4.69, 9.17) is 20.2 Å². The number of nitrogens with zero attached hydrogens (tertiary/aromatic N) is 2. The number of primary amides is 1. The number of aliphatic imine (C=N–C) groups is 1. The molecule has 0 aliphatic carbocycles. The fraction of sp³-hybridized carbons (Fsp3) is 0.391. The molecule has 0 aromatic heterocycles. The van der Waals surface area contributed by atoms with Crippen molar-refractivity contribution in [2.45, 2.75) is 25.9 Å². The summed E-state index contributed by atoms with van der Waals surface area (Å²) in [7, 11) is 3.32. The first kappa shape index (κ1) is 22.3. The quantitative estimate of drug-likeness (QED) is 0.443. The lowest BCUT2D eigenvalue weighted by Gasteiger charge is -2.21. The van der Waals surface area contributed by atoms with Crippen LogP contribution in [0.25, 0.3) is 0 Å². The van der Waals surface area contributed by atoms with Crippen LogP contribution in [0.3, 0.4) is 0 Å². The molecule has 1 aliphatic rings. The first-order valence-electron chi connectivity index (χ1n) is 10.4.